The maximum absolute atomic E-state index is 12.9. The van der Waals surface area contributed by atoms with Crippen molar-refractivity contribution in [2.75, 3.05) is 26.4 Å². The van der Waals surface area contributed by atoms with E-state index in [-0.39, 0.29) is 25.9 Å². The van der Waals surface area contributed by atoms with E-state index in [1.807, 2.05) is 0 Å². The van der Waals surface area contributed by atoms with Crippen molar-refractivity contribution in [1.29, 1.82) is 0 Å². The van der Waals surface area contributed by atoms with E-state index in [4.69, 9.17) is 23.3 Å². The first-order valence-corrected chi connectivity index (χ1v) is 31.4. The minimum Gasteiger partial charge on any atom is -0.462 e. The summed E-state index contributed by atoms with van der Waals surface area (Å²) < 4.78 is 39.5. The molecule has 0 saturated heterocycles. The summed E-state index contributed by atoms with van der Waals surface area (Å²) in [6.07, 6.45) is 50.7. The second-order valence-corrected chi connectivity index (χ2v) is 22.0. The lowest BCUT2D eigenvalue weighted by atomic mass is 10.0. The number of phosphoric acid groups is 1. The molecule has 3 atom stereocenters. The van der Waals surface area contributed by atoms with Gasteiger partial charge in [-0.25, -0.2) is 4.57 Å². The molecule has 0 aromatic rings. The van der Waals surface area contributed by atoms with Gasteiger partial charge in [0.25, 0.3) is 0 Å². The average Bonchev–Trinajstić information content (AvgIpc) is 3.35. The van der Waals surface area contributed by atoms with E-state index in [0.29, 0.717) is 19.3 Å². The Hall–Kier alpha value is -1.52. The molecule has 0 aromatic carbocycles. The van der Waals surface area contributed by atoms with Crippen LogP contribution >= 0.6 is 7.82 Å². The molecule has 0 aliphatic heterocycles. The summed E-state index contributed by atoms with van der Waals surface area (Å²) in [6.45, 7) is 4.70. The molecule has 0 amide bonds. The summed E-state index contributed by atoms with van der Waals surface area (Å²) in [5, 5.41) is 9.77. The van der Waals surface area contributed by atoms with Gasteiger partial charge in [-0.2, -0.15) is 0 Å². The highest BCUT2D eigenvalue weighted by Crippen LogP contribution is 2.43. The van der Waals surface area contributed by atoms with Crippen LogP contribution in [0.25, 0.3) is 0 Å². The Balaban J connectivity index is 4.62. The normalized spacial score (nSPS) is 13.3. The molecule has 416 valence electrons. The molecule has 3 unspecified atom stereocenters. The van der Waals surface area contributed by atoms with Crippen molar-refractivity contribution < 1.29 is 52.2 Å². The smallest absolute Gasteiger partial charge is 0.462 e. The van der Waals surface area contributed by atoms with Gasteiger partial charge in [0, 0.05) is 19.3 Å². The van der Waals surface area contributed by atoms with Gasteiger partial charge in [0.05, 0.1) is 19.8 Å². The Kier molecular flexibility index (Phi) is 52.6. The molecule has 0 spiro atoms. The molecule has 70 heavy (non-hydrogen) atoms. The van der Waals surface area contributed by atoms with Crippen molar-refractivity contribution in [2.24, 2.45) is 0 Å². The van der Waals surface area contributed by atoms with E-state index in [0.717, 1.165) is 57.8 Å². The van der Waals surface area contributed by atoms with Crippen molar-refractivity contribution in [3.8, 4) is 0 Å². The van der Waals surface area contributed by atoms with E-state index in [2.05, 4.69) is 20.8 Å². The lowest BCUT2D eigenvalue weighted by Crippen LogP contribution is -2.30. The van der Waals surface area contributed by atoms with Crippen LogP contribution in [-0.4, -0.2) is 66.5 Å². The Morgan fingerprint density at radius 3 is 0.843 bits per heavy atom. The number of carbonyl (C=O) groups is 3. The third-order valence-electron chi connectivity index (χ3n) is 13.5. The van der Waals surface area contributed by atoms with Crippen molar-refractivity contribution in [3.05, 3.63) is 0 Å². The summed E-state index contributed by atoms with van der Waals surface area (Å²) >= 11 is 0. The zero-order valence-electron chi connectivity index (χ0n) is 46.0. The number of esters is 3. The fraction of sp³-hybridized carbons (Fsp3) is 0.948. The van der Waals surface area contributed by atoms with Crippen molar-refractivity contribution in [1.82, 2.24) is 0 Å². The molecule has 2 N–H and O–H groups in total. The molecule has 0 bridgehead atoms. The lowest BCUT2D eigenvalue weighted by molar-refractivity contribution is -0.161. The molecule has 0 aliphatic carbocycles. The SMILES string of the molecule is CCCCCCCCCCCCCCCCCCCCCC(=O)OC(COC(=O)CCCCCCCCCCCCCCCCC)COP(=O)(O)OCC(CO)OC(=O)CCCCCCCCCCC. The molecule has 12 heteroatoms. The number of aliphatic hydroxyl groups excluding tert-OH is 1. The van der Waals surface area contributed by atoms with Crippen molar-refractivity contribution >= 4 is 25.7 Å². The summed E-state index contributed by atoms with van der Waals surface area (Å²) in [5.74, 6) is -1.43. The minimum absolute atomic E-state index is 0.179. The van der Waals surface area contributed by atoms with Crippen LogP contribution in [0.4, 0.5) is 0 Å². The number of hydrogen-bond donors (Lipinski definition) is 2. The molecule has 11 nitrogen and oxygen atoms in total. The Morgan fingerprint density at radius 1 is 0.343 bits per heavy atom. The monoisotopic (exact) mass is 1020 g/mol. The van der Waals surface area contributed by atoms with E-state index in [9.17, 15) is 28.9 Å². The molecule has 0 rings (SSSR count). The van der Waals surface area contributed by atoms with Crippen LogP contribution in [0.2, 0.25) is 0 Å². The van der Waals surface area contributed by atoms with Crippen LogP contribution in [0.1, 0.15) is 316 Å². The topological polar surface area (TPSA) is 155 Å². The number of rotatable bonds is 57. The summed E-state index contributed by atoms with van der Waals surface area (Å²) in [5.41, 5.74) is 0. The molecule has 0 heterocycles. The Morgan fingerprint density at radius 2 is 0.571 bits per heavy atom. The summed E-state index contributed by atoms with van der Waals surface area (Å²) in [4.78, 5) is 48.5. The maximum atomic E-state index is 12.9. The molecule has 0 radical (unpaired) electrons. The van der Waals surface area contributed by atoms with Crippen LogP contribution in [0, 0.1) is 0 Å². The van der Waals surface area contributed by atoms with E-state index in [1.54, 1.807) is 0 Å². The second kappa shape index (κ2) is 53.8. The number of hydrogen-bond acceptors (Lipinski definition) is 10. The van der Waals surface area contributed by atoms with E-state index >= 15 is 0 Å². The first kappa shape index (κ1) is 68.5. The van der Waals surface area contributed by atoms with Crippen LogP contribution in [-0.2, 0) is 42.2 Å². The van der Waals surface area contributed by atoms with Gasteiger partial charge in [-0.3, -0.25) is 23.4 Å². The molecule has 0 aromatic heterocycles. The van der Waals surface area contributed by atoms with Gasteiger partial charge in [-0.15, -0.1) is 0 Å². The largest absolute Gasteiger partial charge is 0.472 e. The zero-order chi connectivity index (χ0) is 51.3. The van der Waals surface area contributed by atoms with Gasteiger partial charge in [0.2, 0.25) is 0 Å². The molecular formula is C58H113O11P. The van der Waals surface area contributed by atoms with Gasteiger partial charge in [0.1, 0.15) is 12.7 Å². The third kappa shape index (κ3) is 51.4. The summed E-state index contributed by atoms with van der Waals surface area (Å²) in [6, 6.07) is 0. The highest BCUT2D eigenvalue weighted by atomic mass is 31.2. The second-order valence-electron chi connectivity index (χ2n) is 20.5. The molecule has 0 aliphatic rings. The van der Waals surface area contributed by atoms with Crippen LogP contribution in [0.5, 0.6) is 0 Å². The zero-order valence-corrected chi connectivity index (χ0v) is 46.9. The van der Waals surface area contributed by atoms with Crippen LogP contribution in [0.3, 0.4) is 0 Å². The van der Waals surface area contributed by atoms with Gasteiger partial charge in [-0.05, 0) is 19.3 Å². The van der Waals surface area contributed by atoms with Gasteiger partial charge in [0.15, 0.2) is 6.10 Å². The predicted octanol–water partition coefficient (Wildman–Crippen LogP) is 17.5. The fourth-order valence-electron chi connectivity index (χ4n) is 8.95. The van der Waals surface area contributed by atoms with Crippen molar-refractivity contribution in [2.45, 2.75) is 328 Å². The van der Waals surface area contributed by atoms with Crippen molar-refractivity contribution in [3.63, 3.8) is 0 Å². The Labute approximate surface area is 431 Å². The highest BCUT2D eigenvalue weighted by Gasteiger charge is 2.28. The number of aliphatic hydroxyl groups is 1. The molecule has 0 saturated carbocycles. The van der Waals surface area contributed by atoms with Crippen LogP contribution in [0.15, 0.2) is 0 Å². The average molecular weight is 1020 g/mol. The van der Waals surface area contributed by atoms with Gasteiger partial charge < -0.3 is 24.2 Å². The number of carbonyl (C=O) groups excluding carboxylic acids is 3. The fourth-order valence-corrected chi connectivity index (χ4v) is 9.73. The third-order valence-corrected chi connectivity index (χ3v) is 14.5. The predicted molar refractivity (Wildman–Crippen MR) is 289 cm³/mol. The first-order valence-electron chi connectivity index (χ1n) is 29.9. The number of phosphoric ester groups is 1. The van der Waals surface area contributed by atoms with E-state index < -0.39 is 57.8 Å². The lowest BCUT2D eigenvalue weighted by Gasteiger charge is -2.21. The molecular weight excluding hydrogens is 904 g/mol. The van der Waals surface area contributed by atoms with Crippen LogP contribution < -0.4 is 0 Å². The van der Waals surface area contributed by atoms with Gasteiger partial charge >= 0.3 is 25.7 Å². The Bertz CT molecular complexity index is 1190. The molecule has 0 fully saturated rings. The standard InChI is InChI=1S/C58H113O11P/c1-4-7-10-13-16-19-21-23-25-26-27-28-30-32-34-37-40-43-46-49-58(62)69-55(51-65-56(60)47-44-41-38-36-33-31-29-24-22-20-17-14-11-8-5-2)53-67-70(63,64)66-52-54(50-59)68-57(61)48-45-42-39-35-18-15-12-9-6-3/h54-55,59H,4-53H2,1-3H3,(H,63,64). The van der Waals surface area contributed by atoms with Gasteiger partial charge in [-0.1, -0.05) is 278 Å². The maximum Gasteiger partial charge on any atom is 0.472 e. The quantitative estimate of drug-likeness (QED) is 0.0259. The highest BCUT2D eigenvalue weighted by molar-refractivity contribution is 7.47. The minimum atomic E-state index is -4.73. The summed E-state index contributed by atoms with van der Waals surface area (Å²) in [7, 11) is -4.73. The number of unbranched alkanes of at least 4 members (excludes halogenated alkanes) is 40. The van der Waals surface area contributed by atoms with E-state index in [1.165, 1.54) is 199 Å². The number of ether oxygens (including phenoxy) is 3. The first-order chi connectivity index (χ1) is 34.2.